The van der Waals surface area contributed by atoms with Gasteiger partial charge in [0, 0.05) is 17.5 Å². The normalized spacial score (nSPS) is 14.4. The van der Waals surface area contributed by atoms with Crippen molar-refractivity contribution >= 4 is 17.5 Å². The molecule has 1 amide bonds. The molecule has 10 nitrogen and oxygen atoms in total. The Bertz CT molecular complexity index is 1460. The Labute approximate surface area is 213 Å². The van der Waals surface area contributed by atoms with Gasteiger partial charge in [-0.05, 0) is 55.0 Å². The third-order valence-corrected chi connectivity index (χ3v) is 6.09. The number of methoxy groups -OCH3 is 3. The van der Waals surface area contributed by atoms with Crippen LogP contribution in [0.1, 0.15) is 18.5 Å². The first kappa shape index (κ1) is 23.9. The smallest absolute Gasteiger partial charge is 0.255 e. The zero-order valence-corrected chi connectivity index (χ0v) is 20.9. The molecular formula is C27H26N6O4. The molecule has 0 spiro atoms. The number of ether oxygens (including phenoxy) is 3. The van der Waals surface area contributed by atoms with E-state index in [1.807, 2.05) is 43.3 Å². The largest absolute Gasteiger partial charge is 0.497 e. The maximum Gasteiger partial charge on any atom is 0.255 e. The quantitative estimate of drug-likeness (QED) is 0.388. The second kappa shape index (κ2) is 10.0. The van der Waals surface area contributed by atoms with Crippen molar-refractivity contribution < 1.29 is 19.0 Å². The van der Waals surface area contributed by atoms with Gasteiger partial charge < -0.3 is 24.8 Å². The molecule has 2 N–H and O–H groups in total. The molecule has 0 bridgehead atoms. The molecule has 10 heteroatoms. The van der Waals surface area contributed by atoms with Crippen molar-refractivity contribution in [2.75, 3.05) is 32.0 Å². The molecule has 1 aliphatic rings. The lowest BCUT2D eigenvalue weighted by Gasteiger charge is -2.28. The summed E-state index contributed by atoms with van der Waals surface area (Å²) in [7, 11) is 4.78. The van der Waals surface area contributed by atoms with Crippen LogP contribution in [0.15, 0.2) is 78.3 Å². The van der Waals surface area contributed by atoms with E-state index in [-0.39, 0.29) is 5.91 Å². The first-order valence-electron chi connectivity index (χ1n) is 11.5. The number of carbonyl (C=O) groups is 1. The minimum atomic E-state index is -0.541. The van der Waals surface area contributed by atoms with Crippen LogP contribution in [0.3, 0.4) is 0 Å². The first-order chi connectivity index (χ1) is 18.0. The molecule has 0 fully saturated rings. The van der Waals surface area contributed by atoms with E-state index < -0.39 is 6.04 Å². The minimum Gasteiger partial charge on any atom is -0.497 e. The highest BCUT2D eigenvalue weighted by atomic mass is 16.5. The topological polar surface area (TPSA) is 112 Å². The van der Waals surface area contributed by atoms with Crippen LogP contribution in [0, 0.1) is 0 Å². The Hall–Kier alpha value is -4.86. The van der Waals surface area contributed by atoms with Crippen LogP contribution in [0.5, 0.6) is 17.2 Å². The van der Waals surface area contributed by atoms with E-state index in [0.29, 0.717) is 46.0 Å². The molecule has 0 saturated carbocycles. The Morgan fingerprint density at radius 2 is 1.78 bits per heavy atom. The van der Waals surface area contributed by atoms with Gasteiger partial charge in [-0.3, -0.25) is 9.78 Å². The molecule has 37 heavy (non-hydrogen) atoms. The lowest BCUT2D eigenvalue weighted by molar-refractivity contribution is -0.113. The van der Waals surface area contributed by atoms with Crippen molar-refractivity contribution in [3.05, 3.63) is 83.8 Å². The fourth-order valence-electron chi connectivity index (χ4n) is 4.27. The number of anilines is 2. The molecule has 4 aromatic rings. The summed E-state index contributed by atoms with van der Waals surface area (Å²) in [5.74, 6) is 2.61. The van der Waals surface area contributed by atoms with Crippen LogP contribution in [0.4, 0.5) is 11.6 Å². The highest BCUT2D eigenvalue weighted by Crippen LogP contribution is 2.38. The summed E-state index contributed by atoms with van der Waals surface area (Å²) in [6.45, 7) is 1.85. The number of nitrogens with zero attached hydrogens (tertiary/aromatic N) is 4. The zero-order chi connectivity index (χ0) is 25.9. The standard InChI is InChI=1S/C27H26N6O4/c1-16-23(26(34)30-19-6-5-13-28-15-19)24(17-7-10-20(35-2)11-8-17)33-27(29-16)31-25(32-33)18-9-12-21(36-3)22(14-18)37-4/h5-15,24H,1-4H3,(H,30,34)(H,29,31,32). The van der Waals surface area contributed by atoms with Gasteiger partial charge in [0.2, 0.25) is 5.95 Å². The molecule has 5 rings (SSSR count). The van der Waals surface area contributed by atoms with Crippen molar-refractivity contribution in [1.82, 2.24) is 19.7 Å². The molecule has 0 radical (unpaired) electrons. The number of hydrogen-bond acceptors (Lipinski definition) is 8. The van der Waals surface area contributed by atoms with Gasteiger partial charge in [-0.25, -0.2) is 4.68 Å². The highest BCUT2D eigenvalue weighted by molar-refractivity contribution is 6.06. The van der Waals surface area contributed by atoms with Gasteiger partial charge in [-0.15, -0.1) is 5.10 Å². The molecule has 0 aliphatic carbocycles. The Balaban J connectivity index is 1.59. The molecule has 188 valence electrons. The van der Waals surface area contributed by atoms with Gasteiger partial charge in [0.15, 0.2) is 17.3 Å². The summed E-state index contributed by atoms with van der Waals surface area (Å²) in [6, 6.07) is 16.0. The molecule has 1 atom stereocenters. The van der Waals surface area contributed by atoms with E-state index >= 15 is 0 Å². The SMILES string of the molecule is COc1ccc(C2C(C(=O)Nc3cccnc3)=C(C)Nc3nc(-c4ccc(OC)c(OC)c4)nn32)cc1. The van der Waals surface area contributed by atoms with Gasteiger partial charge >= 0.3 is 0 Å². The zero-order valence-electron chi connectivity index (χ0n) is 20.9. The monoisotopic (exact) mass is 498 g/mol. The number of nitrogens with one attached hydrogen (secondary N) is 2. The van der Waals surface area contributed by atoms with Crippen molar-refractivity contribution in [3.8, 4) is 28.6 Å². The first-order valence-corrected chi connectivity index (χ1v) is 11.5. The fraction of sp³-hybridized carbons (Fsp3) is 0.185. The van der Waals surface area contributed by atoms with Crippen molar-refractivity contribution in [1.29, 1.82) is 0 Å². The molecule has 0 saturated heterocycles. The number of aromatic nitrogens is 4. The highest BCUT2D eigenvalue weighted by Gasteiger charge is 2.34. The van der Waals surface area contributed by atoms with Gasteiger partial charge in [-0.1, -0.05) is 12.1 Å². The predicted octanol–water partition coefficient (Wildman–Crippen LogP) is 4.29. The minimum absolute atomic E-state index is 0.271. The van der Waals surface area contributed by atoms with E-state index in [4.69, 9.17) is 24.3 Å². The average molecular weight is 499 g/mol. The van der Waals surface area contributed by atoms with Crippen LogP contribution >= 0.6 is 0 Å². The summed E-state index contributed by atoms with van der Waals surface area (Å²) < 4.78 is 17.9. The number of allylic oxidation sites excluding steroid dienone is 1. The van der Waals surface area contributed by atoms with Crippen LogP contribution in [-0.4, -0.2) is 47.0 Å². The molecule has 1 unspecified atom stereocenters. The molecule has 2 aromatic carbocycles. The lowest BCUT2D eigenvalue weighted by atomic mass is 9.95. The summed E-state index contributed by atoms with van der Waals surface area (Å²) in [4.78, 5) is 22.4. The number of fused-ring (bicyclic) bond motifs is 1. The maximum atomic E-state index is 13.6. The number of carbonyl (C=O) groups excluding carboxylic acids is 1. The third kappa shape index (κ3) is 4.56. The second-order valence-electron chi connectivity index (χ2n) is 8.31. The summed E-state index contributed by atoms with van der Waals surface area (Å²) in [5.41, 5.74) is 3.36. The van der Waals surface area contributed by atoms with Crippen molar-refractivity contribution in [3.63, 3.8) is 0 Å². The van der Waals surface area contributed by atoms with E-state index in [2.05, 4.69) is 15.6 Å². The van der Waals surface area contributed by atoms with E-state index in [1.54, 1.807) is 56.6 Å². The molecule has 3 heterocycles. The number of pyridine rings is 1. The van der Waals surface area contributed by atoms with E-state index in [0.717, 1.165) is 11.1 Å². The summed E-state index contributed by atoms with van der Waals surface area (Å²) in [6.07, 6.45) is 3.25. The van der Waals surface area contributed by atoms with Crippen LogP contribution in [0.2, 0.25) is 0 Å². The van der Waals surface area contributed by atoms with Gasteiger partial charge in [0.25, 0.3) is 5.91 Å². The van der Waals surface area contributed by atoms with E-state index in [1.165, 1.54) is 0 Å². The van der Waals surface area contributed by atoms with Crippen molar-refractivity contribution in [2.45, 2.75) is 13.0 Å². The van der Waals surface area contributed by atoms with Crippen LogP contribution < -0.4 is 24.8 Å². The molecule has 2 aromatic heterocycles. The Kier molecular flexibility index (Phi) is 6.46. The van der Waals surface area contributed by atoms with Gasteiger partial charge in [0.05, 0.1) is 38.8 Å². The third-order valence-electron chi connectivity index (χ3n) is 6.09. The average Bonchev–Trinajstić information content (AvgIpc) is 3.36. The number of benzene rings is 2. The fourth-order valence-corrected chi connectivity index (χ4v) is 4.27. The Morgan fingerprint density at radius 1 is 1.00 bits per heavy atom. The van der Waals surface area contributed by atoms with Crippen LogP contribution in [0.25, 0.3) is 11.4 Å². The van der Waals surface area contributed by atoms with Crippen LogP contribution in [-0.2, 0) is 4.79 Å². The van der Waals surface area contributed by atoms with Gasteiger partial charge in [0.1, 0.15) is 11.8 Å². The number of amides is 1. The van der Waals surface area contributed by atoms with E-state index in [9.17, 15) is 4.79 Å². The Morgan fingerprint density at radius 3 is 2.46 bits per heavy atom. The molecule has 1 aliphatic heterocycles. The van der Waals surface area contributed by atoms with Gasteiger partial charge in [-0.2, -0.15) is 4.98 Å². The molecular weight excluding hydrogens is 472 g/mol. The number of rotatable bonds is 7. The maximum absolute atomic E-state index is 13.6. The predicted molar refractivity (Wildman–Crippen MR) is 139 cm³/mol. The second-order valence-corrected chi connectivity index (χ2v) is 8.31. The van der Waals surface area contributed by atoms with Crippen molar-refractivity contribution in [2.24, 2.45) is 0 Å². The summed E-state index contributed by atoms with van der Waals surface area (Å²) in [5, 5.41) is 11.0. The number of hydrogen-bond donors (Lipinski definition) is 2. The summed E-state index contributed by atoms with van der Waals surface area (Å²) >= 11 is 0. The lowest BCUT2D eigenvalue weighted by Crippen LogP contribution is -2.31.